The Morgan fingerprint density at radius 2 is 2.07 bits per heavy atom. The number of benzene rings is 1. The summed E-state index contributed by atoms with van der Waals surface area (Å²) in [5, 5.41) is 11.4. The average Bonchev–Trinajstić information content (AvgIpc) is 3.32. The summed E-state index contributed by atoms with van der Waals surface area (Å²) in [6, 6.07) is 5.63. The fourth-order valence-electron chi connectivity index (χ4n) is 2.81. The third kappa shape index (κ3) is 5.63. The number of carbonyl (C=O) groups is 1. The van der Waals surface area contributed by atoms with E-state index in [1.807, 2.05) is 19.1 Å². The van der Waals surface area contributed by atoms with Crippen molar-refractivity contribution in [2.45, 2.75) is 57.2 Å². The molecular formula is C19H25N3O4S. The summed E-state index contributed by atoms with van der Waals surface area (Å²) in [5.41, 5.74) is 0.753. The summed E-state index contributed by atoms with van der Waals surface area (Å²) in [6.45, 7) is 4.45. The average molecular weight is 391 g/mol. The lowest BCUT2D eigenvalue weighted by Gasteiger charge is -2.13. The summed E-state index contributed by atoms with van der Waals surface area (Å²) in [6.07, 6.45) is 5.83. The largest absolute Gasteiger partial charge is 0.454 e. The highest BCUT2D eigenvalue weighted by Crippen LogP contribution is 2.35. The zero-order chi connectivity index (χ0) is 19.1. The Morgan fingerprint density at radius 3 is 2.93 bits per heavy atom. The highest BCUT2D eigenvalue weighted by atomic mass is 32.2. The minimum Gasteiger partial charge on any atom is -0.454 e. The molecule has 0 saturated heterocycles. The molecule has 0 bridgehead atoms. The van der Waals surface area contributed by atoms with E-state index in [0.29, 0.717) is 22.6 Å². The van der Waals surface area contributed by atoms with Crippen LogP contribution in [0.2, 0.25) is 0 Å². The van der Waals surface area contributed by atoms with E-state index in [9.17, 15) is 4.79 Å². The van der Waals surface area contributed by atoms with Gasteiger partial charge in [-0.05, 0) is 31.5 Å². The lowest BCUT2D eigenvalue weighted by molar-refractivity contribution is -0.119. The molecule has 1 atom stereocenters. The molecule has 0 aliphatic carbocycles. The van der Waals surface area contributed by atoms with Crippen molar-refractivity contribution in [3.63, 3.8) is 0 Å². The molecule has 0 spiro atoms. The highest BCUT2D eigenvalue weighted by Gasteiger charge is 2.17. The van der Waals surface area contributed by atoms with E-state index >= 15 is 0 Å². The SMILES string of the molecule is CCCCCC[C@H](C)NC(=O)CSc1nnc(-c2ccc3c(c2)OCO3)o1. The zero-order valence-corrected chi connectivity index (χ0v) is 16.5. The zero-order valence-electron chi connectivity index (χ0n) is 15.7. The maximum atomic E-state index is 12.1. The lowest BCUT2D eigenvalue weighted by Crippen LogP contribution is -2.33. The van der Waals surface area contributed by atoms with Crippen molar-refractivity contribution in [1.29, 1.82) is 0 Å². The Hall–Kier alpha value is -2.22. The van der Waals surface area contributed by atoms with Crippen LogP contribution in [0.25, 0.3) is 11.5 Å². The number of nitrogens with zero attached hydrogens (tertiary/aromatic N) is 2. The normalized spacial score (nSPS) is 13.6. The van der Waals surface area contributed by atoms with Crippen LogP contribution in [0.3, 0.4) is 0 Å². The van der Waals surface area contributed by atoms with Gasteiger partial charge in [0.25, 0.3) is 5.22 Å². The molecule has 2 heterocycles. The second-order valence-electron chi connectivity index (χ2n) is 6.55. The first-order chi connectivity index (χ1) is 13.2. The minimum atomic E-state index is -0.0224. The highest BCUT2D eigenvalue weighted by molar-refractivity contribution is 7.99. The van der Waals surface area contributed by atoms with Crippen LogP contribution in [0.15, 0.2) is 27.8 Å². The summed E-state index contributed by atoms with van der Waals surface area (Å²) < 4.78 is 16.3. The summed E-state index contributed by atoms with van der Waals surface area (Å²) in [5.74, 6) is 1.98. The molecule has 146 valence electrons. The van der Waals surface area contributed by atoms with E-state index in [-0.39, 0.29) is 24.5 Å². The van der Waals surface area contributed by atoms with Crippen LogP contribution in [-0.2, 0) is 4.79 Å². The Bertz CT molecular complexity index is 765. The van der Waals surface area contributed by atoms with Gasteiger partial charge >= 0.3 is 0 Å². The van der Waals surface area contributed by atoms with Crippen molar-refractivity contribution in [3.8, 4) is 23.0 Å². The summed E-state index contributed by atoms with van der Waals surface area (Å²) in [7, 11) is 0. The number of aromatic nitrogens is 2. The number of ether oxygens (including phenoxy) is 2. The first-order valence-corrected chi connectivity index (χ1v) is 10.3. The lowest BCUT2D eigenvalue weighted by atomic mass is 10.1. The second kappa shape index (κ2) is 9.64. The molecule has 1 aliphatic rings. The van der Waals surface area contributed by atoms with Gasteiger partial charge in [-0.25, -0.2) is 0 Å². The van der Waals surface area contributed by atoms with Crippen LogP contribution >= 0.6 is 11.8 Å². The number of thioether (sulfide) groups is 1. The smallest absolute Gasteiger partial charge is 0.277 e. The first kappa shape index (κ1) is 19.5. The van der Waals surface area contributed by atoms with Crippen molar-refractivity contribution in [3.05, 3.63) is 18.2 Å². The van der Waals surface area contributed by atoms with Crippen LogP contribution in [0.4, 0.5) is 0 Å². The Balaban J connectivity index is 1.45. The maximum Gasteiger partial charge on any atom is 0.277 e. The fraction of sp³-hybridized carbons (Fsp3) is 0.526. The minimum absolute atomic E-state index is 0.0224. The number of rotatable bonds is 10. The predicted molar refractivity (Wildman–Crippen MR) is 103 cm³/mol. The van der Waals surface area contributed by atoms with Crippen molar-refractivity contribution in [2.24, 2.45) is 0 Å². The number of fused-ring (bicyclic) bond motifs is 1. The molecule has 0 saturated carbocycles. The van der Waals surface area contributed by atoms with E-state index in [2.05, 4.69) is 22.4 Å². The van der Waals surface area contributed by atoms with E-state index in [0.717, 1.165) is 18.4 Å². The standard InChI is InChI=1S/C19H25N3O4S/c1-3-4-5-6-7-13(2)20-17(23)11-27-19-22-21-18(26-19)14-8-9-15-16(10-14)25-12-24-15/h8-10,13H,3-7,11-12H2,1-2H3,(H,20,23)/t13-/m0/s1. The number of unbranched alkanes of at least 4 members (excludes halogenated alkanes) is 3. The van der Waals surface area contributed by atoms with Gasteiger partial charge in [0.05, 0.1) is 5.75 Å². The molecule has 1 aliphatic heterocycles. The van der Waals surface area contributed by atoms with Gasteiger partial charge in [-0.1, -0.05) is 44.4 Å². The fourth-order valence-corrected chi connectivity index (χ4v) is 3.38. The molecule has 1 aromatic carbocycles. The first-order valence-electron chi connectivity index (χ1n) is 9.31. The number of carbonyl (C=O) groups excluding carboxylic acids is 1. The van der Waals surface area contributed by atoms with Gasteiger partial charge in [-0.3, -0.25) is 4.79 Å². The van der Waals surface area contributed by atoms with E-state index in [1.165, 1.54) is 31.0 Å². The number of hydrogen-bond acceptors (Lipinski definition) is 7. The third-order valence-corrected chi connectivity index (χ3v) is 5.07. The Labute approximate surface area is 163 Å². The Morgan fingerprint density at radius 1 is 1.22 bits per heavy atom. The van der Waals surface area contributed by atoms with Gasteiger partial charge in [0, 0.05) is 11.6 Å². The van der Waals surface area contributed by atoms with Crippen LogP contribution < -0.4 is 14.8 Å². The van der Waals surface area contributed by atoms with Crippen LogP contribution in [0, 0.1) is 0 Å². The van der Waals surface area contributed by atoms with Gasteiger partial charge in [0.15, 0.2) is 11.5 Å². The second-order valence-corrected chi connectivity index (χ2v) is 7.47. The molecule has 8 heteroatoms. The van der Waals surface area contributed by atoms with Crippen molar-refractivity contribution < 1.29 is 18.7 Å². The molecule has 0 radical (unpaired) electrons. The monoisotopic (exact) mass is 391 g/mol. The van der Waals surface area contributed by atoms with Crippen LogP contribution in [0.5, 0.6) is 11.5 Å². The van der Waals surface area contributed by atoms with Crippen LogP contribution in [-0.4, -0.2) is 34.7 Å². The van der Waals surface area contributed by atoms with Gasteiger partial charge in [0.1, 0.15) is 0 Å². The quantitative estimate of drug-likeness (QED) is 0.483. The van der Waals surface area contributed by atoms with Gasteiger partial charge in [-0.2, -0.15) is 0 Å². The number of amides is 1. The molecular weight excluding hydrogens is 366 g/mol. The van der Waals surface area contributed by atoms with Crippen LogP contribution in [0.1, 0.15) is 46.0 Å². The molecule has 0 fully saturated rings. The third-order valence-electron chi connectivity index (χ3n) is 4.25. The molecule has 7 nitrogen and oxygen atoms in total. The van der Waals surface area contributed by atoms with E-state index in [4.69, 9.17) is 13.9 Å². The topological polar surface area (TPSA) is 86.5 Å². The maximum absolute atomic E-state index is 12.1. The van der Waals surface area contributed by atoms with Crippen molar-refractivity contribution in [2.75, 3.05) is 12.5 Å². The summed E-state index contributed by atoms with van der Waals surface area (Å²) in [4.78, 5) is 12.1. The molecule has 2 aromatic rings. The van der Waals surface area contributed by atoms with Crippen molar-refractivity contribution in [1.82, 2.24) is 15.5 Å². The van der Waals surface area contributed by atoms with Gasteiger partial charge < -0.3 is 19.2 Å². The molecule has 27 heavy (non-hydrogen) atoms. The Kier molecular flexibility index (Phi) is 6.98. The summed E-state index contributed by atoms with van der Waals surface area (Å²) >= 11 is 1.24. The van der Waals surface area contributed by atoms with E-state index in [1.54, 1.807) is 6.07 Å². The molecule has 1 amide bonds. The molecule has 0 unspecified atom stereocenters. The number of hydrogen-bond donors (Lipinski definition) is 1. The molecule has 1 aromatic heterocycles. The predicted octanol–water partition coefficient (Wildman–Crippen LogP) is 4.03. The van der Waals surface area contributed by atoms with Gasteiger partial charge in [0.2, 0.25) is 18.6 Å². The molecule has 1 N–H and O–H groups in total. The van der Waals surface area contributed by atoms with Gasteiger partial charge in [-0.15, -0.1) is 10.2 Å². The van der Waals surface area contributed by atoms with Crippen molar-refractivity contribution >= 4 is 17.7 Å². The van der Waals surface area contributed by atoms with E-state index < -0.39 is 0 Å². The molecule has 3 rings (SSSR count). The number of nitrogens with one attached hydrogen (secondary N) is 1.